The Balaban J connectivity index is 2.64. The van der Waals surface area contributed by atoms with Crippen LogP contribution in [-0.4, -0.2) is 20.2 Å². The van der Waals surface area contributed by atoms with Gasteiger partial charge in [0.2, 0.25) is 0 Å². The van der Waals surface area contributed by atoms with Crippen LogP contribution in [0.15, 0.2) is 29.1 Å². The highest BCUT2D eigenvalue weighted by molar-refractivity contribution is 5.97. The van der Waals surface area contributed by atoms with Gasteiger partial charge in [0, 0.05) is 6.20 Å². The van der Waals surface area contributed by atoms with Crippen LogP contribution in [0.5, 0.6) is 0 Å². The molecule has 0 N–H and O–H groups in total. The van der Waals surface area contributed by atoms with Gasteiger partial charge in [-0.25, -0.2) is 4.98 Å². The van der Waals surface area contributed by atoms with Crippen molar-refractivity contribution in [3.63, 3.8) is 0 Å². The summed E-state index contributed by atoms with van der Waals surface area (Å²) in [6, 6.07) is 3.63. The molecule has 0 aliphatic rings. The minimum Gasteiger partial charge on any atom is -0.433 e. The first-order chi connectivity index (χ1) is 6.45. The van der Waals surface area contributed by atoms with Crippen molar-refractivity contribution < 1.29 is 4.42 Å². The van der Waals surface area contributed by atoms with Crippen molar-refractivity contribution in [2.45, 2.75) is 0 Å². The number of furan rings is 1. The highest BCUT2D eigenvalue weighted by Gasteiger charge is 2.08. The van der Waals surface area contributed by atoms with Gasteiger partial charge < -0.3 is 4.42 Å². The molecule has 3 aromatic heterocycles. The van der Waals surface area contributed by atoms with Gasteiger partial charge in [0.25, 0.3) is 5.71 Å². The van der Waals surface area contributed by atoms with Gasteiger partial charge in [-0.3, -0.25) is 4.98 Å². The first kappa shape index (κ1) is 6.47. The fourth-order valence-corrected chi connectivity index (χ4v) is 1.25. The van der Waals surface area contributed by atoms with Crippen LogP contribution < -0.4 is 0 Å². The third-order valence-electron chi connectivity index (χ3n) is 1.79. The van der Waals surface area contributed by atoms with Crippen LogP contribution in [0.3, 0.4) is 0 Å². The molecule has 13 heavy (non-hydrogen) atoms. The summed E-state index contributed by atoms with van der Waals surface area (Å²) in [5, 5.41) is 7.42. The Labute approximate surface area is 72.4 Å². The third kappa shape index (κ3) is 0.807. The molecule has 5 nitrogen and oxygen atoms in total. The fraction of sp³-hybridized carbons (Fsp3) is 0. The predicted molar refractivity (Wildman–Crippen MR) is 44.9 cm³/mol. The maximum Gasteiger partial charge on any atom is 0.267 e. The zero-order chi connectivity index (χ0) is 8.67. The second-order valence-corrected chi connectivity index (χ2v) is 2.57. The number of fused-ring (bicyclic) bond motifs is 3. The Hall–Kier alpha value is -2.04. The summed E-state index contributed by atoms with van der Waals surface area (Å²) in [5.41, 5.74) is 2.50. The summed E-state index contributed by atoms with van der Waals surface area (Å²) < 4.78 is 5.35. The van der Waals surface area contributed by atoms with E-state index in [0.717, 1.165) is 5.52 Å². The SMILES string of the molecule is c1cnc2c(c1)oc1nncnc12. The molecule has 0 saturated carbocycles. The number of rotatable bonds is 0. The maximum absolute atomic E-state index is 5.35. The lowest BCUT2D eigenvalue weighted by Crippen LogP contribution is -1.82. The van der Waals surface area contributed by atoms with Crippen molar-refractivity contribution in [2.24, 2.45) is 0 Å². The van der Waals surface area contributed by atoms with E-state index in [-0.39, 0.29) is 0 Å². The molecule has 0 spiro atoms. The second kappa shape index (κ2) is 2.22. The van der Waals surface area contributed by atoms with Crippen molar-refractivity contribution in [3.05, 3.63) is 24.7 Å². The molecule has 0 aliphatic carbocycles. The number of hydrogen-bond acceptors (Lipinski definition) is 5. The molecule has 0 fully saturated rings. The van der Waals surface area contributed by atoms with E-state index in [2.05, 4.69) is 20.2 Å². The molecule has 0 atom stereocenters. The molecule has 0 radical (unpaired) electrons. The quantitative estimate of drug-likeness (QED) is 0.509. The van der Waals surface area contributed by atoms with Crippen molar-refractivity contribution in [1.29, 1.82) is 0 Å². The van der Waals surface area contributed by atoms with E-state index in [0.29, 0.717) is 16.8 Å². The summed E-state index contributed by atoms with van der Waals surface area (Å²) in [6.45, 7) is 0. The van der Waals surface area contributed by atoms with Crippen LogP contribution >= 0.6 is 0 Å². The topological polar surface area (TPSA) is 64.7 Å². The predicted octanol–water partition coefficient (Wildman–Crippen LogP) is 1.17. The molecule has 3 rings (SSSR count). The van der Waals surface area contributed by atoms with E-state index in [1.807, 2.05) is 6.07 Å². The molecule has 0 saturated heterocycles. The van der Waals surface area contributed by atoms with Gasteiger partial charge in [-0.1, -0.05) is 0 Å². The van der Waals surface area contributed by atoms with Gasteiger partial charge in [-0.05, 0) is 12.1 Å². The largest absolute Gasteiger partial charge is 0.433 e. The van der Waals surface area contributed by atoms with E-state index < -0.39 is 0 Å². The number of aromatic nitrogens is 4. The second-order valence-electron chi connectivity index (χ2n) is 2.57. The minimum absolute atomic E-state index is 0.427. The number of pyridine rings is 1. The van der Waals surface area contributed by atoms with Crippen molar-refractivity contribution in [1.82, 2.24) is 20.2 Å². The lowest BCUT2D eigenvalue weighted by atomic mass is 10.4. The first-order valence-electron chi connectivity index (χ1n) is 3.76. The van der Waals surface area contributed by atoms with Gasteiger partial charge in [0.15, 0.2) is 11.1 Å². The van der Waals surface area contributed by atoms with Crippen LogP contribution in [0.1, 0.15) is 0 Å². The Morgan fingerprint density at radius 2 is 2.15 bits per heavy atom. The Morgan fingerprint density at radius 3 is 3.15 bits per heavy atom. The fourth-order valence-electron chi connectivity index (χ4n) is 1.25. The Kier molecular flexibility index (Phi) is 1.11. The summed E-state index contributed by atoms with van der Waals surface area (Å²) in [4.78, 5) is 8.18. The zero-order valence-electron chi connectivity index (χ0n) is 6.51. The monoisotopic (exact) mass is 172 g/mol. The molecule has 3 heterocycles. The number of nitrogens with zero attached hydrogens (tertiary/aromatic N) is 4. The molecular weight excluding hydrogens is 168 g/mol. The van der Waals surface area contributed by atoms with E-state index >= 15 is 0 Å². The highest BCUT2D eigenvalue weighted by atomic mass is 16.3. The molecule has 3 aromatic rings. The van der Waals surface area contributed by atoms with Crippen LogP contribution in [0.25, 0.3) is 22.3 Å². The Bertz CT molecular complexity index is 524. The van der Waals surface area contributed by atoms with E-state index in [1.54, 1.807) is 12.3 Å². The summed E-state index contributed by atoms with van der Waals surface area (Å²) in [7, 11) is 0. The normalized spacial score (nSPS) is 11.1. The first-order valence-corrected chi connectivity index (χ1v) is 3.76. The lowest BCUT2D eigenvalue weighted by Gasteiger charge is -1.82. The molecule has 0 aliphatic heterocycles. The standard InChI is InChI=1S/C8H4N4O/c1-2-5-6(9-3-1)7-8(13-5)12-11-4-10-7/h1-4H. The number of hydrogen-bond donors (Lipinski definition) is 0. The molecule has 62 valence electrons. The third-order valence-corrected chi connectivity index (χ3v) is 1.79. The van der Waals surface area contributed by atoms with E-state index in [1.165, 1.54) is 6.33 Å². The molecule has 5 heteroatoms. The maximum atomic E-state index is 5.35. The van der Waals surface area contributed by atoms with Crippen molar-refractivity contribution in [3.8, 4) is 0 Å². The average molecular weight is 172 g/mol. The zero-order valence-corrected chi connectivity index (χ0v) is 6.51. The van der Waals surface area contributed by atoms with Gasteiger partial charge in [0.05, 0.1) is 0 Å². The summed E-state index contributed by atoms with van der Waals surface area (Å²) in [6.07, 6.45) is 3.07. The molecule has 0 aromatic carbocycles. The highest BCUT2D eigenvalue weighted by Crippen LogP contribution is 2.21. The summed E-state index contributed by atoms with van der Waals surface area (Å²) in [5.74, 6) is 0. The van der Waals surface area contributed by atoms with E-state index in [9.17, 15) is 0 Å². The van der Waals surface area contributed by atoms with Gasteiger partial charge in [-0.2, -0.15) is 0 Å². The van der Waals surface area contributed by atoms with Crippen molar-refractivity contribution >= 4 is 22.3 Å². The van der Waals surface area contributed by atoms with Crippen LogP contribution in [0.2, 0.25) is 0 Å². The van der Waals surface area contributed by atoms with E-state index in [4.69, 9.17) is 4.42 Å². The lowest BCUT2D eigenvalue weighted by molar-refractivity contribution is 0.642. The molecule has 0 amide bonds. The molecular formula is C8H4N4O. The van der Waals surface area contributed by atoms with Crippen molar-refractivity contribution in [2.75, 3.05) is 0 Å². The smallest absolute Gasteiger partial charge is 0.267 e. The van der Waals surface area contributed by atoms with Crippen LogP contribution in [-0.2, 0) is 0 Å². The van der Waals surface area contributed by atoms with Gasteiger partial charge in [-0.15, -0.1) is 10.2 Å². The van der Waals surface area contributed by atoms with Crippen LogP contribution in [0, 0.1) is 0 Å². The molecule has 0 unspecified atom stereocenters. The molecule has 0 bridgehead atoms. The van der Waals surface area contributed by atoms with Gasteiger partial charge in [0.1, 0.15) is 11.8 Å². The minimum atomic E-state index is 0.427. The van der Waals surface area contributed by atoms with Gasteiger partial charge >= 0.3 is 0 Å². The average Bonchev–Trinajstić information content (AvgIpc) is 2.56. The Morgan fingerprint density at radius 1 is 1.15 bits per heavy atom. The summed E-state index contributed by atoms with van der Waals surface area (Å²) >= 11 is 0. The van der Waals surface area contributed by atoms with Crippen LogP contribution in [0.4, 0.5) is 0 Å².